The van der Waals surface area contributed by atoms with Crippen LogP contribution in [0.25, 0.3) is 11.0 Å². The Kier molecular flexibility index (Phi) is 2.50. The van der Waals surface area contributed by atoms with Gasteiger partial charge in [0.25, 0.3) is 0 Å². The van der Waals surface area contributed by atoms with E-state index in [1.165, 1.54) is 11.1 Å². The van der Waals surface area contributed by atoms with Crippen molar-refractivity contribution in [3.63, 3.8) is 0 Å². The normalized spacial score (nSPS) is 12.3. The zero-order chi connectivity index (χ0) is 11.9. The number of aromatic nitrogens is 2. The molecule has 0 saturated heterocycles. The molecule has 3 heteroatoms. The molecule has 0 atom stereocenters. The first-order chi connectivity index (χ1) is 7.45. The van der Waals surface area contributed by atoms with Gasteiger partial charge in [-0.2, -0.15) is 0 Å². The van der Waals surface area contributed by atoms with Gasteiger partial charge in [-0.3, -0.25) is 0 Å². The molecular weight excluding hydrogens is 198 g/mol. The molecule has 0 spiro atoms. The Labute approximate surface area is 96.3 Å². The molecule has 0 saturated carbocycles. The quantitative estimate of drug-likeness (QED) is 0.837. The van der Waals surface area contributed by atoms with Gasteiger partial charge in [-0.05, 0) is 24.6 Å². The van der Waals surface area contributed by atoms with Gasteiger partial charge in [0, 0.05) is 19.0 Å². The average molecular weight is 217 g/mol. The molecule has 86 valence electrons. The monoisotopic (exact) mass is 217 g/mol. The van der Waals surface area contributed by atoms with Gasteiger partial charge in [0.1, 0.15) is 5.82 Å². The van der Waals surface area contributed by atoms with E-state index in [4.69, 9.17) is 5.73 Å². The molecule has 1 heterocycles. The van der Waals surface area contributed by atoms with E-state index >= 15 is 0 Å². The summed E-state index contributed by atoms with van der Waals surface area (Å²) in [7, 11) is 2.04. The second-order valence-corrected chi connectivity index (χ2v) is 5.01. The van der Waals surface area contributed by atoms with Crippen molar-refractivity contribution in [3.05, 3.63) is 29.6 Å². The van der Waals surface area contributed by atoms with Crippen molar-refractivity contribution in [2.75, 3.05) is 6.54 Å². The molecule has 0 aliphatic heterocycles. The summed E-state index contributed by atoms with van der Waals surface area (Å²) in [6, 6.07) is 6.42. The maximum Gasteiger partial charge on any atom is 0.106 e. The number of imidazole rings is 1. The molecule has 3 nitrogen and oxygen atoms in total. The SMILES string of the molecule is Cc1nc2cc(C(C)(C)CN)ccc2n1C. The average Bonchev–Trinajstić information content (AvgIpc) is 2.54. The standard InChI is InChI=1S/C13H19N3/c1-9-15-11-7-10(13(2,3)8-14)5-6-12(11)16(9)4/h5-7H,8,14H2,1-4H3. The van der Waals surface area contributed by atoms with Crippen molar-refractivity contribution in [2.24, 2.45) is 12.8 Å². The number of nitrogens with zero attached hydrogens (tertiary/aromatic N) is 2. The molecule has 16 heavy (non-hydrogen) atoms. The summed E-state index contributed by atoms with van der Waals surface area (Å²) in [5, 5.41) is 0. The van der Waals surface area contributed by atoms with Crippen LogP contribution in [0.2, 0.25) is 0 Å². The van der Waals surface area contributed by atoms with Crippen LogP contribution < -0.4 is 5.73 Å². The lowest BCUT2D eigenvalue weighted by molar-refractivity contribution is 0.539. The van der Waals surface area contributed by atoms with Crippen molar-refractivity contribution >= 4 is 11.0 Å². The van der Waals surface area contributed by atoms with Gasteiger partial charge in [0.15, 0.2) is 0 Å². The van der Waals surface area contributed by atoms with Gasteiger partial charge >= 0.3 is 0 Å². The highest BCUT2D eigenvalue weighted by molar-refractivity contribution is 5.77. The fraction of sp³-hybridized carbons (Fsp3) is 0.462. The van der Waals surface area contributed by atoms with E-state index < -0.39 is 0 Å². The molecule has 1 aromatic carbocycles. The summed E-state index contributed by atoms with van der Waals surface area (Å²) in [5.41, 5.74) is 9.29. The van der Waals surface area contributed by atoms with Crippen LogP contribution in [0.1, 0.15) is 25.2 Å². The Morgan fingerprint density at radius 1 is 1.38 bits per heavy atom. The fourth-order valence-electron chi connectivity index (χ4n) is 1.86. The van der Waals surface area contributed by atoms with E-state index in [1.807, 2.05) is 14.0 Å². The number of fused-ring (bicyclic) bond motifs is 1. The van der Waals surface area contributed by atoms with Crippen LogP contribution in [0.5, 0.6) is 0 Å². The first-order valence-corrected chi connectivity index (χ1v) is 5.59. The summed E-state index contributed by atoms with van der Waals surface area (Å²) in [6.07, 6.45) is 0. The molecule has 2 aromatic rings. The number of benzene rings is 1. The fourth-order valence-corrected chi connectivity index (χ4v) is 1.86. The van der Waals surface area contributed by atoms with Crippen molar-refractivity contribution in [3.8, 4) is 0 Å². The Morgan fingerprint density at radius 3 is 2.69 bits per heavy atom. The highest BCUT2D eigenvalue weighted by atomic mass is 15.0. The molecule has 2 N–H and O–H groups in total. The molecular formula is C13H19N3. The van der Waals surface area contributed by atoms with E-state index in [9.17, 15) is 0 Å². The molecule has 1 aromatic heterocycles. The second kappa shape index (κ2) is 3.59. The highest BCUT2D eigenvalue weighted by Crippen LogP contribution is 2.25. The van der Waals surface area contributed by atoms with Gasteiger partial charge in [-0.25, -0.2) is 4.98 Å². The first-order valence-electron chi connectivity index (χ1n) is 5.59. The third kappa shape index (κ3) is 1.61. The minimum atomic E-state index is 0.0135. The van der Waals surface area contributed by atoms with E-state index in [-0.39, 0.29) is 5.41 Å². The summed E-state index contributed by atoms with van der Waals surface area (Å²) < 4.78 is 2.11. The molecule has 0 aliphatic carbocycles. The molecule has 0 radical (unpaired) electrons. The van der Waals surface area contributed by atoms with Crippen LogP contribution in [0, 0.1) is 6.92 Å². The Hall–Kier alpha value is -1.35. The third-order valence-corrected chi connectivity index (χ3v) is 3.40. The Bertz CT molecular complexity index is 523. The van der Waals surface area contributed by atoms with E-state index in [0.29, 0.717) is 6.54 Å². The van der Waals surface area contributed by atoms with Gasteiger partial charge in [-0.15, -0.1) is 0 Å². The van der Waals surface area contributed by atoms with Crippen LogP contribution in [-0.2, 0) is 12.5 Å². The number of hydrogen-bond acceptors (Lipinski definition) is 2. The number of rotatable bonds is 2. The number of nitrogens with two attached hydrogens (primary N) is 1. The maximum absolute atomic E-state index is 5.79. The minimum Gasteiger partial charge on any atom is -0.331 e. The largest absolute Gasteiger partial charge is 0.331 e. The Morgan fingerprint density at radius 2 is 2.06 bits per heavy atom. The van der Waals surface area contributed by atoms with Crippen LogP contribution in [0.4, 0.5) is 0 Å². The molecule has 0 fully saturated rings. The summed E-state index contributed by atoms with van der Waals surface area (Å²) >= 11 is 0. The lowest BCUT2D eigenvalue weighted by Gasteiger charge is -2.22. The zero-order valence-electron chi connectivity index (χ0n) is 10.4. The van der Waals surface area contributed by atoms with Crippen LogP contribution in [-0.4, -0.2) is 16.1 Å². The topological polar surface area (TPSA) is 43.8 Å². The molecule has 0 aliphatic rings. The van der Waals surface area contributed by atoms with E-state index in [2.05, 4.69) is 41.6 Å². The smallest absolute Gasteiger partial charge is 0.106 e. The minimum absolute atomic E-state index is 0.0135. The van der Waals surface area contributed by atoms with Gasteiger partial charge in [-0.1, -0.05) is 19.9 Å². The predicted molar refractivity (Wildman–Crippen MR) is 67.5 cm³/mol. The van der Waals surface area contributed by atoms with Crippen molar-refractivity contribution in [2.45, 2.75) is 26.2 Å². The van der Waals surface area contributed by atoms with Crippen molar-refractivity contribution in [1.82, 2.24) is 9.55 Å². The van der Waals surface area contributed by atoms with E-state index in [1.54, 1.807) is 0 Å². The second-order valence-electron chi connectivity index (χ2n) is 5.01. The number of aryl methyl sites for hydroxylation is 2. The van der Waals surface area contributed by atoms with Crippen LogP contribution in [0.15, 0.2) is 18.2 Å². The zero-order valence-corrected chi connectivity index (χ0v) is 10.4. The lowest BCUT2D eigenvalue weighted by atomic mass is 9.85. The first kappa shape index (κ1) is 11.1. The van der Waals surface area contributed by atoms with Crippen LogP contribution >= 0.6 is 0 Å². The van der Waals surface area contributed by atoms with Crippen molar-refractivity contribution in [1.29, 1.82) is 0 Å². The lowest BCUT2D eigenvalue weighted by Crippen LogP contribution is -2.27. The molecule has 0 amide bonds. The Balaban J connectivity index is 2.61. The third-order valence-electron chi connectivity index (χ3n) is 3.40. The maximum atomic E-state index is 5.79. The van der Waals surface area contributed by atoms with Crippen molar-refractivity contribution < 1.29 is 0 Å². The van der Waals surface area contributed by atoms with Crippen LogP contribution in [0.3, 0.4) is 0 Å². The molecule has 0 bridgehead atoms. The van der Waals surface area contributed by atoms with E-state index in [0.717, 1.165) is 11.3 Å². The summed E-state index contributed by atoms with van der Waals surface area (Å²) in [6.45, 7) is 6.98. The van der Waals surface area contributed by atoms with Gasteiger partial charge in [0.05, 0.1) is 11.0 Å². The van der Waals surface area contributed by atoms with Gasteiger partial charge in [0.2, 0.25) is 0 Å². The number of hydrogen-bond donors (Lipinski definition) is 1. The molecule has 2 rings (SSSR count). The molecule has 0 unspecified atom stereocenters. The highest BCUT2D eigenvalue weighted by Gasteiger charge is 2.19. The summed E-state index contributed by atoms with van der Waals surface area (Å²) in [5.74, 6) is 1.04. The predicted octanol–water partition coefficient (Wildman–Crippen LogP) is 2.12. The van der Waals surface area contributed by atoms with Gasteiger partial charge < -0.3 is 10.3 Å². The summed E-state index contributed by atoms with van der Waals surface area (Å²) in [4.78, 5) is 4.54.